The van der Waals surface area contributed by atoms with Crippen molar-refractivity contribution in [2.45, 2.75) is 57.7 Å². The number of nitrogens with zero attached hydrogens (tertiary/aromatic N) is 3. The number of hydrogen-bond donors (Lipinski definition) is 3. The van der Waals surface area contributed by atoms with E-state index in [9.17, 15) is 4.79 Å². The molecule has 4 aromatic rings. The Morgan fingerprint density at radius 3 is 2.67 bits per heavy atom. The molecule has 1 amide bonds. The molecule has 40 heavy (non-hydrogen) atoms. The highest BCUT2D eigenvalue weighted by atomic mass is 16.6. The minimum atomic E-state index is -0.578. The number of H-pyrrole nitrogens is 2. The van der Waals surface area contributed by atoms with Crippen molar-refractivity contribution in [3.63, 3.8) is 0 Å². The first-order valence-corrected chi connectivity index (χ1v) is 13.7. The van der Waals surface area contributed by atoms with Gasteiger partial charge in [0.25, 0.3) is 0 Å². The van der Waals surface area contributed by atoms with Gasteiger partial charge in [0.1, 0.15) is 22.9 Å². The molecular formula is C32H32N6O2. The van der Waals surface area contributed by atoms with E-state index in [-0.39, 0.29) is 6.09 Å². The Bertz CT molecular complexity index is 1660. The molecule has 4 heterocycles. The van der Waals surface area contributed by atoms with Crippen LogP contribution in [-0.4, -0.2) is 49.6 Å². The molecule has 0 bridgehead atoms. The van der Waals surface area contributed by atoms with Crippen LogP contribution in [0.1, 0.15) is 75.0 Å². The molecule has 2 aromatic carbocycles. The van der Waals surface area contributed by atoms with Gasteiger partial charge < -0.3 is 20.0 Å². The Hall–Kier alpha value is -4.53. The van der Waals surface area contributed by atoms with E-state index in [2.05, 4.69) is 68.2 Å². The van der Waals surface area contributed by atoms with Gasteiger partial charge in [0.2, 0.25) is 0 Å². The molecule has 202 valence electrons. The smallest absolute Gasteiger partial charge is 0.411 e. The molecule has 0 spiro atoms. The van der Waals surface area contributed by atoms with Gasteiger partial charge in [0, 0.05) is 18.5 Å². The van der Waals surface area contributed by atoms with Crippen LogP contribution in [0.4, 0.5) is 4.79 Å². The van der Waals surface area contributed by atoms with Gasteiger partial charge in [-0.2, -0.15) is 0 Å². The summed E-state index contributed by atoms with van der Waals surface area (Å²) in [5, 5.41) is 3.45. The van der Waals surface area contributed by atoms with Crippen LogP contribution in [0.15, 0.2) is 48.7 Å². The van der Waals surface area contributed by atoms with E-state index in [1.54, 1.807) is 11.1 Å². The lowest BCUT2D eigenvalue weighted by Crippen LogP contribution is -2.41. The SMILES string of the molecule is CC(C)(C)OC(=O)N1CCC#CC1c1nc2ccc(-c3ccc(C#Cc4cnc(C5CCCN5)[nH]4)cc3)cc2[nH]1. The maximum atomic E-state index is 12.8. The van der Waals surface area contributed by atoms with E-state index >= 15 is 0 Å². The summed E-state index contributed by atoms with van der Waals surface area (Å²) in [6, 6.07) is 14.1. The topological polar surface area (TPSA) is 98.9 Å². The summed E-state index contributed by atoms with van der Waals surface area (Å²) in [7, 11) is 0. The van der Waals surface area contributed by atoms with Crippen molar-refractivity contribution in [1.82, 2.24) is 30.2 Å². The number of carbonyl (C=O) groups is 1. The number of carbonyl (C=O) groups excluding carboxylic acids is 1. The molecule has 2 aliphatic rings. The van der Waals surface area contributed by atoms with Gasteiger partial charge in [-0.1, -0.05) is 36.0 Å². The number of aromatic amines is 2. The van der Waals surface area contributed by atoms with Crippen LogP contribution in [0.5, 0.6) is 0 Å². The fourth-order valence-electron chi connectivity index (χ4n) is 5.00. The minimum Gasteiger partial charge on any atom is -0.444 e. The van der Waals surface area contributed by atoms with E-state index in [0.29, 0.717) is 24.8 Å². The van der Waals surface area contributed by atoms with Gasteiger partial charge in [-0.25, -0.2) is 14.8 Å². The van der Waals surface area contributed by atoms with Gasteiger partial charge >= 0.3 is 6.09 Å². The predicted molar refractivity (Wildman–Crippen MR) is 154 cm³/mol. The summed E-state index contributed by atoms with van der Waals surface area (Å²) in [6.45, 7) is 7.13. The Morgan fingerprint density at radius 2 is 1.90 bits per heavy atom. The first-order chi connectivity index (χ1) is 19.3. The lowest BCUT2D eigenvalue weighted by Gasteiger charge is -2.31. The van der Waals surface area contributed by atoms with Crippen LogP contribution < -0.4 is 5.32 Å². The monoisotopic (exact) mass is 532 g/mol. The van der Waals surface area contributed by atoms with E-state index < -0.39 is 11.6 Å². The van der Waals surface area contributed by atoms with Crippen LogP contribution in [0.2, 0.25) is 0 Å². The van der Waals surface area contributed by atoms with E-state index in [1.165, 1.54) is 6.42 Å². The molecule has 2 aromatic heterocycles. The molecule has 8 heteroatoms. The van der Waals surface area contributed by atoms with Crippen molar-refractivity contribution < 1.29 is 9.53 Å². The van der Waals surface area contributed by atoms with Crippen molar-refractivity contribution in [2.75, 3.05) is 13.1 Å². The average molecular weight is 533 g/mol. The third-order valence-electron chi connectivity index (χ3n) is 6.96. The van der Waals surface area contributed by atoms with Crippen LogP contribution >= 0.6 is 0 Å². The molecule has 0 saturated carbocycles. The molecule has 3 N–H and O–H groups in total. The zero-order valence-corrected chi connectivity index (χ0v) is 23.0. The number of benzene rings is 2. The summed E-state index contributed by atoms with van der Waals surface area (Å²) < 4.78 is 5.61. The summed E-state index contributed by atoms with van der Waals surface area (Å²) >= 11 is 0. The van der Waals surface area contributed by atoms with Crippen LogP contribution in [-0.2, 0) is 4.74 Å². The van der Waals surface area contributed by atoms with Crippen molar-refractivity contribution in [2.24, 2.45) is 0 Å². The molecule has 8 nitrogen and oxygen atoms in total. The van der Waals surface area contributed by atoms with Crippen LogP contribution in [0.25, 0.3) is 22.2 Å². The number of aromatic nitrogens is 4. The standard InChI is InChI=1S/C32H32N6O2/c1-32(2,3)40-31(39)38-18-5-4-8-28(38)30-36-25-16-14-23(19-27(25)37-30)22-12-9-21(10-13-22)11-15-24-20-34-29(35-24)26-7-6-17-33-26/h9-10,12-14,16,19-20,26,28,33H,5-7,17-18H2,1-3H3,(H,34,35)(H,36,37). The quantitative estimate of drug-likeness (QED) is 0.304. The molecule has 0 radical (unpaired) electrons. The number of ether oxygens (including phenoxy) is 1. The molecular weight excluding hydrogens is 500 g/mol. The fourth-order valence-corrected chi connectivity index (χ4v) is 5.00. The lowest BCUT2D eigenvalue weighted by molar-refractivity contribution is 0.0197. The number of hydrogen-bond acceptors (Lipinski definition) is 5. The maximum Gasteiger partial charge on any atom is 0.411 e. The number of rotatable bonds is 3. The van der Waals surface area contributed by atoms with Gasteiger partial charge in [-0.3, -0.25) is 4.90 Å². The van der Waals surface area contributed by atoms with Crippen molar-refractivity contribution in [3.05, 3.63) is 71.6 Å². The summed E-state index contributed by atoms with van der Waals surface area (Å²) in [5.41, 5.74) is 5.02. The Labute approximate surface area is 233 Å². The summed E-state index contributed by atoms with van der Waals surface area (Å²) in [4.78, 5) is 30.5. The molecule has 2 aliphatic heterocycles. The zero-order valence-electron chi connectivity index (χ0n) is 23.0. The highest BCUT2D eigenvalue weighted by molar-refractivity contribution is 5.82. The fraction of sp³-hybridized carbons (Fsp3) is 0.344. The molecule has 0 aliphatic carbocycles. The largest absolute Gasteiger partial charge is 0.444 e. The Morgan fingerprint density at radius 1 is 1.07 bits per heavy atom. The van der Waals surface area contributed by atoms with E-state index in [4.69, 9.17) is 9.72 Å². The van der Waals surface area contributed by atoms with Crippen molar-refractivity contribution >= 4 is 17.1 Å². The highest BCUT2D eigenvalue weighted by Gasteiger charge is 2.31. The van der Waals surface area contributed by atoms with Gasteiger partial charge in [0.05, 0.1) is 23.3 Å². The Balaban J connectivity index is 1.18. The van der Waals surface area contributed by atoms with Gasteiger partial charge in [0.15, 0.2) is 6.04 Å². The third kappa shape index (κ3) is 5.59. The van der Waals surface area contributed by atoms with Crippen LogP contribution in [0, 0.1) is 23.7 Å². The third-order valence-corrected chi connectivity index (χ3v) is 6.96. The van der Waals surface area contributed by atoms with Crippen molar-refractivity contribution in [3.8, 4) is 34.8 Å². The predicted octanol–water partition coefficient (Wildman–Crippen LogP) is 5.46. The first kappa shape index (κ1) is 25.7. The number of fused-ring (bicyclic) bond motifs is 1. The lowest BCUT2D eigenvalue weighted by atomic mass is 10.0. The zero-order chi connectivity index (χ0) is 27.7. The molecule has 1 fully saturated rings. The maximum absolute atomic E-state index is 12.8. The molecule has 2 atom stereocenters. The van der Waals surface area contributed by atoms with Crippen LogP contribution in [0.3, 0.4) is 0 Å². The number of nitrogens with one attached hydrogen (secondary N) is 3. The Kier molecular flexibility index (Phi) is 6.79. The second kappa shape index (κ2) is 10.6. The summed E-state index contributed by atoms with van der Waals surface area (Å²) in [6.07, 6.45) is 4.31. The second-order valence-corrected chi connectivity index (χ2v) is 11.2. The highest BCUT2D eigenvalue weighted by Crippen LogP contribution is 2.28. The summed E-state index contributed by atoms with van der Waals surface area (Å²) in [5.74, 6) is 14.3. The first-order valence-electron chi connectivity index (χ1n) is 13.7. The van der Waals surface area contributed by atoms with Gasteiger partial charge in [-0.05, 0) is 81.5 Å². The molecule has 2 unspecified atom stereocenters. The van der Waals surface area contributed by atoms with Gasteiger partial charge in [-0.15, -0.1) is 0 Å². The second-order valence-electron chi connectivity index (χ2n) is 11.2. The number of amides is 1. The average Bonchev–Trinajstić information content (AvgIpc) is 3.71. The molecule has 6 rings (SSSR count). The molecule has 1 saturated heterocycles. The van der Waals surface area contributed by atoms with E-state index in [0.717, 1.165) is 52.2 Å². The minimum absolute atomic E-state index is 0.303. The van der Waals surface area contributed by atoms with E-state index in [1.807, 2.05) is 39.0 Å². The normalized spacial score (nSPS) is 18.6. The number of imidazole rings is 2. The van der Waals surface area contributed by atoms with Crippen molar-refractivity contribution in [1.29, 1.82) is 0 Å².